The van der Waals surface area contributed by atoms with Crippen LogP contribution in [0.2, 0.25) is 5.02 Å². The average Bonchev–Trinajstić information content (AvgIpc) is 2.51. The standard InChI is InChI=1S/C16H17ClO5S/c1-3-20-14-9-10-15(21-4-2)16(11-14)23(18,19)22-13-7-5-12(17)6-8-13/h5-11H,3-4H2,1-2H3. The average molecular weight is 357 g/mol. The molecule has 7 heteroatoms. The molecule has 0 unspecified atom stereocenters. The Morgan fingerprint density at radius 2 is 1.52 bits per heavy atom. The first-order chi connectivity index (χ1) is 11.0. The van der Waals surface area contributed by atoms with Crippen LogP contribution >= 0.6 is 11.6 Å². The lowest BCUT2D eigenvalue weighted by atomic mass is 10.3. The van der Waals surface area contributed by atoms with Crippen molar-refractivity contribution < 1.29 is 22.1 Å². The Morgan fingerprint density at radius 1 is 0.913 bits per heavy atom. The summed E-state index contributed by atoms with van der Waals surface area (Å²) >= 11 is 5.78. The molecule has 0 atom stereocenters. The summed E-state index contributed by atoms with van der Waals surface area (Å²) < 4.78 is 41.0. The van der Waals surface area contributed by atoms with Crippen molar-refractivity contribution in [2.75, 3.05) is 13.2 Å². The molecule has 23 heavy (non-hydrogen) atoms. The van der Waals surface area contributed by atoms with E-state index in [0.717, 1.165) is 0 Å². The summed E-state index contributed by atoms with van der Waals surface area (Å²) in [6, 6.07) is 10.6. The highest BCUT2D eigenvalue weighted by molar-refractivity contribution is 7.87. The van der Waals surface area contributed by atoms with Crippen LogP contribution in [-0.2, 0) is 10.1 Å². The lowest BCUT2D eigenvalue weighted by molar-refractivity contribution is 0.321. The summed E-state index contributed by atoms with van der Waals surface area (Å²) in [6.07, 6.45) is 0. The van der Waals surface area contributed by atoms with E-state index in [1.165, 1.54) is 18.2 Å². The Kier molecular flexibility index (Phi) is 5.74. The topological polar surface area (TPSA) is 61.8 Å². The van der Waals surface area contributed by atoms with Gasteiger partial charge >= 0.3 is 10.1 Å². The van der Waals surface area contributed by atoms with Gasteiger partial charge in [-0.1, -0.05) is 11.6 Å². The normalized spacial score (nSPS) is 11.1. The summed E-state index contributed by atoms with van der Waals surface area (Å²) in [5, 5.41) is 0.489. The minimum absolute atomic E-state index is 0.0831. The van der Waals surface area contributed by atoms with Crippen LogP contribution in [-0.4, -0.2) is 21.6 Å². The van der Waals surface area contributed by atoms with Gasteiger partial charge in [0.05, 0.1) is 13.2 Å². The molecule has 2 aromatic rings. The second-order valence-electron chi connectivity index (χ2n) is 4.47. The fraction of sp³-hybridized carbons (Fsp3) is 0.250. The van der Waals surface area contributed by atoms with Crippen molar-refractivity contribution in [2.45, 2.75) is 18.7 Å². The largest absolute Gasteiger partial charge is 0.494 e. The lowest BCUT2D eigenvalue weighted by Gasteiger charge is -2.13. The number of halogens is 1. The van der Waals surface area contributed by atoms with E-state index in [-0.39, 0.29) is 16.4 Å². The summed E-state index contributed by atoms with van der Waals surface area (Å²) in [7, 11) is -4.07. The zero-order valence-corrected chi connectivity index (χ0v) is 14.4. The molecular weight excluding hydrogens is 340 g/mol. The van der Waals surface area contributed by atoms with Gasteiger partial charge in [0.15, 0.2) is 4.90 Å². The van der Waals surface area contributed by atoms with E-state index in [9.17, 15) is 8.42 Å². The fourth-order valence-electron chi connectivity index (χ4n) is 1.88. The van der Waals surface area contributed by atoms with Gasteiger partial charge in [-0.05, 0) is 50.2 Å². The molecule has 0 aliphatic carbocycles. The molecule has 0 amide bonds. The maximum atomic E-state index is 12.5. The van der Waals surface area contributed by atoms with Crippen molar-refractivity contribution in [2.24, 2.45) is 0 Å². The van der Waals surface area contributed by atoms with Gasteiger partial charge in [-0.3, -0.25) is 0 Å². The molecule has 0 aliphatic rings. The smallest absolute Gasteiger partial charge is 0.343 e. The Morgan fingerprint density at radius 3 is 2.13 bits per heavy atom. The Balaban J connectivity index is 2.39. The molecule has 0 heterocycles. The Hall–Kier alpha value is -1.92. The first kappa shape index (κ1) is 17.4. The predicted molar refractivity (Wildman–Crippen MR) is 88.0 cm³/mol. The second-order valence-corrected chi connectivity index (χ2v) is 6.42. The second kappa shape index (κ2) is 7.57. The fourth-order valence-corrected chi connectivity index (χ4v) is 3.09. The molecule has 0 saturated heterocycles. The van der Waals surface area contributed by atoms with Crippen molar-refractivity contribution in [3.05, 3.63) is 47.5 Å². The third kappa shape index (κ3) is 4.53. The van der Waals surface area contributed by atoms with Crippen molar-refractivity contribution in [1.82, 2.24) is 0 Å². The van der Waals surface area contributed by atoms with E-state index in [1.54, 1.807) is 31.2 Å². The van der Waals surface area contributed by atoms with Gasteiger partial charge in [-0.15, -0.1) is 0 Å². The number of hydrogen-bond donors (Lipinski definition) is 0. The molecule has 0 radical (unpaired) electrons. The van der Waals surface area contributed by atoms with Gasteiger partial charge < -0.3 is 13.7 Å². The van der Waals surface area contributed by atoms with E-state index in [4.69, 9.17) is 25.3 Å². The minimum atomic E-state index is -4.07. The van der Waals surface area contributed by atoms with Gasteiger partial charge in [-0.2, -0.15) is 8.42 Å². The molecule has 0 bridgehead atoms. The molecule has 0 fully saturated rings. The van der Waals surface area contributed by atoms with E-state index >= 15 is 0 Å². The minimum Gasteiger partial charge on any atom is -0.494 e. The third-order valence-electron chi connectivity index (χ3n) is 2.81. The molecule has 124 valence electrons. The molecule has 0 aromatic heterocycles. The van der Waals surface area contributed by atoms with Gasteiger partial charge in [0.25, 0.3) is 0 Å². The maximum absolute atomic E-state index is 12.5. The summed E-state index contributed by atoms with van der Waals surface area (Å²) in [4.78, 5) is -0.0831. The van der Waals surface area contributed by atoms with Crippen LogP contribution in [0.3, 0.4) is 0 Å². The highest BCUT2D eigenvalue weighted by atomic mass is 35.5. The van der Waals surface area contributed by atoms with Crippen molar-refractivity contribution >= 4 is 21.7 Å². The van der Waals surface area contributed by atoms with Gasteiger partial charge in [0.2, 0.25) is 0 Å². The molecule has 0 N–H and O–H groups in total. The third-order valence-corrected chi connectivity index (χ3v) is 4.34. The molecule has 0 spiro atoms. The molecule has 2 aromatic carbocycles. The number of ether oxygens (including phenoxy) is 2. The Labute approximate surface area is 140 Å². The molecule has 2 rings (SSSR count). The number of hydrogen-bond acceptors (Lipinski definition) is 5. The first-order valence-electron chi connectivity index (χ1n) is 7.06. The monoisotopic (exact) mass is 356 g/mol. The van der Waals surface area contributed by atoms with E-state index in [2.05, 4.69) is 0 Å². The van der Waals surface area contributed by atoms with Gasteiger partial charge in [-0.25, -0.2) is 0 Å². The number of rotatable bonds is 7. The summed E-state index contributed by atoms with van der Waals surface area (Å²) in [5.74, 6) is 0.804. The molecule has 0 saturated carbocycles. The molecule has 0 aliphatic heterocycles. The lowest BCUT2D eigenvalue weighted by Crippen LogP contribution is -2.12. The Bertz CT molecular complexity index is 757. The predicted octanol–water partition coefficient (Wildman–Crippen LogP) is 3.91. The summed E-state index contributed by atoms with van der Waals surface area (Å²) in [6.45, 7) is 4.34. The first-order valence-corrected chi connectivity index (χ1v) is 8.84. The maximum Gasteiger partial charge on any atom is 0.343 e. The zero-order chi connectivity index (χ0) is 16.9. The molecule has 5 nitrogen and oxygen atoms in total. The zero-order valence-electron chi connectivity index (χ0n) is 12.8. The van der Waals surface area contributed by atoms with E-state index in [1.807, 2.05) is 6.92 Å². The quantitative estimate of drug-likeness (QED) is 0.704. The van der Waals surface area contributed by atoms with Crippen LogP contribution in [0.15, 0.2) is 47.4 Å². The van der Waals surface area contributed by atoms with Gasteiger partial charge in [0, 0.05) is 11.1 Å². The molecular formula is C16H17ClO5S. The van der Waals surface area contributed by atoms with Crippen LogP contribution in [0, 0.1) is 0 Å². The van der Waals surface area contributed by atoms with Crippen LogP contribution < -0.4 is 13.7 Å². The van der Waals surface area contributed by atoms with E-state index in [0.29, 0.717) is 24.0 Å². The van der Waals surface area contributed by atoms with Crippen LogP contribution in [0.5, 0.6) is 17.2 Å². The number of benzene rings is 2. The van der Waals surface area contributed by atoms with Crippen molar-refractivity contribution in [3.8, 4) is 17.2 Å². The van der Waals surface area contributed by atoms with Crippen LogP contribution in [0.4, 0.5) is 0 Å². The van der Waals surface area contributed by atoms with Crippen molar-refractivity contribution in [3.63, 3.8) is 0 Å². The highest BCUT2D eigenvalue weighted by Gasteiger charge is 2.23. The van der Waals surface area contributed by atoms with Crippen LogP contribution in [0.1, 0.15) is 13.8 Å². The van der Waals surface area contributed by atoms with Crippen molar-refractivity contribution in [1.29, 1.82) is 0 Å². The van der Waals surface area contributed by atoms with Crippen LogP contribution in [0.25, 0.3) is 0 Å². The highest BCUT2D eigenvalue weighted by Crippen LogP contribution is 2.31. The van der Waals surface area contributed by atoms with E-state index < -0.39 is 10.1 Å². The SMILES string of the molecule is CCOc1ccc(OCC)c(S(=O)(=O)Oc2ccc(Cl)cc2)c1. The summed E-state index contributed by atoms with van der Waals surface area (Å²) in [5.41, 5.74) is 0. The van der Waals surface area contributed by atoms with Gasteiger partial charge in [0.1, 0.15) is 17.2 Å².